The summed E-state index contributed by atoms with van der Waals surface area (Å²) in [7, 11) is 2.36. The number of halogens is 6. The molecule has 0 aromatic heterocycles. The molecule has 1 aromatic carbocycles. The van der Waals surface area contributed by atoms with E-state index in [1.165, 1.54) is 19.2 Å². The number of carbonyl (C=O) groups is 1. The van der Waals surface area contributed by atoms with Gasteiger partial charge in [0.25, 0.3) is 0 Å². The summed E-state index contributed by atoms with van der Waals surface area (Å²) >= 11 is 0. The van der Waals surface area contributed by atoms with Crippen LogP contribution < -0.4 is 10.6 Å². The second-order valence-corrected chi connectivity index (χ2v) is 5.34. The predicted molar refractivity (Wildman–Crippen MR) is 83.3 cm³/mol. The minimum atomic E-state index is -4.51. The van der Waals surface area contributed by atoms with Gasteiger partial charge in [0.1, 0.15) is 6.54 Å². The first-order chi connectivity index (χ1) is 11.9. The summed E-state index contributed by atoms with van der Waals surface area (Å²) in [6, 6.07) is 4.62. The molecule has 0 aliphatic carbocycles. The van der Waals surface area contributed by atoms with Crippen molar-refractivity contribution in [2.45, 2.75) is 18.9 Å². The lowest BCUT2D eigenvalue weighted by molar-refractivity contribution is -0.157. The van der Waals surface area contributed by atoms with E-state index in [-0.39, 0.29) is 12.5 Å². The highest BCUT2D eigenvalue weighted by molar-refractivity contribution is 5.86. The maximum absolute atomic E-state index is 12.7. The lowest BCUT2D eigenvalue weighted by Gasteiger charge is -2.20. The first-order valence-corrected chi connectivity index (χ1v) is 7.34. The second-order valence-electron chi connectivity index (χ2n) is 5.34. The maximum Gasteiger partial charge on any atom is 0.416 e. The molecule has 26 heavy (non-hydrogen) atoms. The molecule has 11 heteroatoms. The first kappa shape index (κ1) is 21.6. The summed E-state index contributed by atoms with van der Waals surface area (Å²) in [6.45, 7) is -1.85. The van der Waals surface area contributed by atoms with Crippen LogP contribution in [0.3, 0.4) is 0 Å². The van der Waals surface area contributed by atoms with Crippen LogP contribution in [0, 0.1) is 0 Å². The van der Waals surface area contributed by atoms with E-state index in [0.717, 1.165) is 19.2 Å². The number of rotatable bonds is 5. The Labute approximate surface area is 146 Å². The van der Waals surface area contributed by atoms with E-state index in [1.54, 1.807) is 0 Å². The Bertz CT molecular complexity index is 642. The van der Waals surface area contributed by atoms with Crippen molar-refractivity contribution in [1.82, 2.24) is 15.5 Å². The van der Waals surface area contributed by atoms with Crippen molar-refractivity contribution in [2.24, 2.45) is 4.99 Å². The summed E-state index contributed by atoms with van der Waals surface area (Å²) in [6.07, 6.45) is -8.97. The standard InChI is InChI=1S/C15H18F6N4O/c1-22-13(24-8-12(26)25(2)9-14(16,17)18)23-7-10-4-3-5-11(6-10)15(19,20)21/h3-6H,7-9H2,1-2H3,(H2,22,23,24). The number of carbonyl (C=O) groups excluding carboxylic acids is 1. The van der Waals surface area contributed by atoms with Crippen LogP contribution in [0.25, 0.3) is 0 Å². The van der Waals surface area contributed by atoms with Crippen molar-refractivity contribution in [2.75, 3.05) is 27.2 Å². The number of nitrogens with zero attached hydrogens (tertiary/aromatic N) is 2. The van der Waals surface area contributed by atoms with Crippen molar-refractivity contribution in [3.8, 4) is 0 Å². The highest BCUT2D eigenvalue weighted by Crippen LogP contribution is 2.29. The number of guanidine groups is 1. The Kier molecular flexibility index (Phi) is 7.28. The number of nitrogens with one attached hydrogen (secondary N) is 2. The van der Waals surface area contributed by atoms with Crippen molar-refractivity contribution in [3.63, 3.8) is 0 Å². The Hall–Kier alpha value is -2.46. The molecule has 1 aromatic rings. The van der Waals surface area contributed by atoms with E-state index >= 15 is 0 Å². The first-order valence-electron chi connectivity index (χ1n) is 7.34. The topological polar surface area (TPSA) is 56.7 Å². The lowest BCUT2D eigenvalue weighted by atomic mass is 10.1. The van der Waals surface area contributed by atoms with Gasteiger partial charge in [-0.3, -0.25) is 9.79 Å². The zero-order chi connectivity index (χ0) is 20.0. The molecule has 146 valence electrons. The van der Waals surface area contributed by atoms with Gasteiger partial charge in [-0.1, -0.05) is 12.1 Å². The van der Waals surface area contributed by atoms with Crippen LogP contribution in [-0.4, -0.2) is 50.1 Å². The van der Waals surface area contributed by atoms with Crippen molar-refractivity contribution in [3.05, 3.63) is 35.4 Å². The zero-order valence-corrected chi connectivity index (χ0v) is 14.0. The van der Waals surface area contributed by atoms with Crippen molar-refractivity contribution >= 4 is 11.9 Å². The molecule has 0 aliphatic heterocycles. The van der Waals surface area contributed by atoms with Gasteiger partial charge >= 0.3 is 12.4 Å². The maximum atomic E-state index is 12.7. The third-order valence-electron chi connectivity index (χ3n) is 3.19. The average molecular weight is 384 g/mol. The molecule has 0 fully saturated rings. The van der Waals surface area contributed by atoms with Crippen molar-refractivity contribution < 1.29 is 31.1 Å². The molecule has 0 saturated heterocycles. The molecule has 5 nitrogen and oxygen atoms in total. The Morgan fingerprint density at radius 1 is 1.15 bits per heavy atom. The van der Waals surface area contributed by atoms with E-state index in [4.69, 9.17) is 0 Å². The Balaban J connectivity index is 2.55. The summed E-state index contributed by atoms with van der Waals surface area (Å²) in [5.74, 6) is -0.750. The van der Waals surface area contributed by atoms with Gasteiger partial charge in [0.05, 0.1) is 12.1 Å². The van der Waals surface area contributed by atoms with Gasteiger partial charge < -0.3 is 15.5 Å². The lowest BCUT2D eigenvalue weighted by Crippen LogP contribution is -2.45. The molecule has 0 saturated carbocycles. The number of amides is 1. The SMILES string of the molecule is CN=C(NCC(=O)N(C)CC(F)(F)F)NCc1cccc(C(F)(F)F)c1. The average Bonchev–Trinajstić information content (AvgIpc) is 2.52. The van der Waals surface area contributed by atoms with Crippen LogP contribution in [0.2, 0.25) is 0 Å². The number of hydrogen-bond donors (Lipinski definition) is 2. The van der Waals surface area contributed by atoms with Crippen LogP contribution in [0.15, 0.2) is 29.3 Å². The van der Waals surface area contributed by atoms with Crippen LogP contribution in [0.1, 0.15) is 11.1 Å². The zero-order valence-electron chi connectivity index (χ0n) is 14.0. The van der Waals surface area contributed by atoms with E-state index in [0.29, 0.717) is 10.5 Å². The van der Waals surface area contributed by atoms with E-state index in [2.05, 4.69) is 15.6 Å². The molecule has 0 aliphatic rings. The molecular weight excluding hydrogens is 366 g/mol. The highest BCUT2D eigenvalue weighted by Gasteiger charge is 2.31. The second kappa shape index (κ2) is 8.77. The molecule has 0 heterocycles. The molecule has 0 spiro atoms. The molecular formula is C15H18F6N4O. The smallest absolute Gasteiger partial charge is 0.352 e. The minimum Gasteiger partial charge on any atom is -0.352 e. The molecule has 1 amide bonds. The number of aliphatic imine (C=N–C) groups is 1. The van der Waals surface area contributed by atoms with Crippen LogP contribution in [0.5, 0.6) is 0 Å². The molecule has 0 atom stereocenters. The highest BCUT2D eigenvalue weighted by atomic mass is 19.4. The van der Waals surface area contributed by atoms with Crippen LogP contribution >= 0.6 is 0 Å². The van der Waals surface area contributed by atoms with Crippen LogP contribution in [-0.2, 0) is 17.5 Å². The molecule has 0 unspecified atom stereocenters. The Morgan fingerprint density at radius 3 is 2.35 bits per heavy atom. The molecule has 1 rings (SSSR count). The summed E-state index contributed by atoms with van der Waals surface area (Å²) < 4.78 is 74.6. The van der Waals surface area contributed by atoms with Gasteiger partial charge in [0, 0.05) is 20.6 Å². The predicted octanol–water partition coefficient (Wildman–Crippen LogP) is 2.39. The van der Waals surface area contributed by atoms with Gasteiger partial charge in [-0.05, 0) is 17.7 Å². The van der Waals surface area contributed by atoms with Gasteiger partial charge in [0.15, 0.2) is 5.96 Å². The monoisotopic (exact) mass is 384 g/mol. The Morgan fingerprint density at radius 2 is 1.81 bits per heavy atom. The molecule has 0 radical (unpaired) electrons. The number of hydrogen-bond acceptors (Lipinski definition) is 2. The fourth-order valence-corrected chi connectivity index (χ4v) is 1.92. The van der Waals surface area contributed by atoms with Gasteiger partial charge in [-0.15, -0.1) is 0 Å². The summed E-state index contributed by atoms with van der Waals surface area (Å²) in [4.78, 5) is 15.9. The van der Waals surface area contributed by atoms with E-state index in [1.807, 2.05) is 0 Å². The number of benzene rings is 1. The minimum absolute atomic E-state index is 0.0177. The quantitative estimate of drug-likeness (QED) is 0.466. The molecule has 0 bridgehead atoms. The van der Waals surface area contributed by atoms with Gasteiger partial charge in [-0.2, -0.15) is 26.3 Å². The van der Waals surface area contributed by atoms with Gasteiger partial charge in [-0.25, -0.2) is 0 Å². The fourth-order valence-electron chi connectivity index (χ4n) is 1.92. The third-order valence-corrected chi connectivity index (χ3v) is 3.19. The van der Waals surface area contributed by atoms with Gasteiger partial charge in [0.2, 0.25) is 5.91 Å². The van der Waals surface area contributed by atoms with E-state index in [9.17, 15) is 31.1 Å². The summed E-state index contributed by atoms with van der Waals surface area (Å²) in [5, 5.41) is 5.19. The number of alkyl halides is 6. The molecule has 2 N–H and O–H groups in total. The fraction of sp³-hybridized carbons (Fsp3) is 0.467. The third kappa shape index (κ3) is 7.62. The van der Waals surface area contributed by atoms with E-state index < -0.39 is 36.9 Å². The summed E-state index contributed by atoms with van der Waals surface area (Å²) in [5.41, 5.74) is -0.480. The van der Waals surface area contributed by atoms with Crippen LogP contribution in [0.4, 0.5) is 26.3 Å². The number of likely N-dealkylation sites (N-methyl/N-ethyl adjacent to an activating group) is 1. The van der Waals surface area contributed by atoms with Crippen molar-refractivity contribution in [1.29, 1.82) is 0 Å². The normalized spacial score (nSPS) is 12.7. The largest absolute Gasteiger partial charge is 0.416 e.